The highest BCUT2D eigenvalue weighted by Gasteiger charge is 2.32. The third-order valence-electron chi connectivity index (χ3n) is 4.29. The number of amides is 1. The number of hydrogen-bond donors (Lipinski definition) is 1. The fourth-order valence-corrected chi connectivity index (χ4v) is 3.23. The van der Waals surface area contributed by atoms with Crippen LogP contribution in [-0.4, -0.2) is 62.9 Å². The molecule has 3 rings (SSSR count). The van der Waals surface area contributed by atoms with E-state index >= 15 is 0 Å². The number of morpholine rings is 1. The van der Waals surface area contributed by atoms with Crippen LogP contribution in [-0.2, 0) is 9.47 Å². The number of carbonyl (C=O) groups is 1. The lowest BCUT2D eigenvalue weighted by Gasteiger charge is -2.37. The van der Waals surface area contributed by atoms with E-state index in [1.807, 2.05) is 0 Å². The van der Waals surface area contributed by atoms with E-state index in [0.29, 0.717) is 12.5 Å². The number of ether oxygens (including phenoxy) is 2. The van der Waals surface area contributed by atoms with Gasteiger partial charge in [0.15, 0.2) is 11.0 Å². The van der Waals surface area contributed by atoms with Crippen molar-refractivity contribution in [3.8, 4) is 0 Å². The fraction of sp³-hybridized carbons (Fsp3) is 0.667. The highest BCUT2D eigenvalue weighted by molar-refractivity contribution is 6.29. The van der Waals surface area contributed by atoms with Crippen molar-refractivity contribution in [3.05, 3.63) is 23.1 Å². The highest BCUT2D eigenvalue weighted by atomic mass is 35.5. The molecule has 1 aromatic heterocycles. The van der Waals surface area contributed by atoms with E-state index < -0.39 is 0 Å². The number of carbonyl (C=O) groups excluding carboxylic acids is 1. The fourth-order valence-electron chi connectivity index (χ4n) is 3.08. The van der Waals surface area contributed by atoms with Crippen molar-refractivity contribution in [2.75, 3.05) is 46.1 Å². The monoisotopic (exact) mass is 328 g/mol. The number of rotatable bonds is 5. The molecule has 0 aliphatic carbocycles. The van der Waals surface area contributed by atoms with Gasteiger partial charge in [-0.3, -0.25) is 9.69 Å². The number of furan rings is 1. The second-order valence-electron chi connectivity index (χ2n) is 5.65. The molecule has 3 heterocycles. The van der Waals surface area contributed by atoms with Crippen LogP contribution in [0.4, 0.5) is 0 Å². The lowest BCUT2D eigenvalue weighted by Crippen LogP contribution is -2.52. The summed E-state index contributed by atoms with van der Waals surface area (Å²) in [5.74, 6) is 0.455. The average molecular weight is 329 g/mol. The summed E-state index contributed by atoms with van der Waals surface area (Å²) >= 11 is 5.71. The van der Waals surface area contributed by atoms with Gasteiger partial charge in [0.25, 0.3) is 5.91 Å². The highest BCUT2D eigenvalue weighted by Crippen LogP contribution is 2.22. The van der Waals surface area contributed by atoms with Gasteiger partial charge in [-0.2, -0.15) is 0 Å². The summed E-state index contributed by atoms with van der Waals surface area (Å²) < 4.78 is 16.1. The van der Waals surface area contributed by atoms with E-state index in [2.05, 4.69) is 10.2 Å². The van der Waals surface area contributed by atoms with Crippen molar-refractivity contribution in [2.45, 2.75) is 12.5 Å². The summed E-state index contributed by atoms with van der Waals surface area (Å²) in [4.78, 5) is 14.5. The molecule has 2 aliphatic rings. The van der Waals surface area contributed by atoms with Crippen LogP contribution in [0.5, 0.6) is 0 Å². The summed E-state index contributed by atoms with van der Waals surface area (Å²) in [7, 11) is 0. The Balaban J connectivity index is 1.60. The first-order valence-corrected chi connectivity index (χ1v) is 8.05. The van der Waals surface area contributed by atoms with Gasteiger partial charge < -0.3 is 19.2 Å². The minimum absolute atomic E-state index is 0.221. The zero-order chi connectivity index (χ0) is 15.4. The van der Waals surface area contributed by atoms with E-state index in [1.165, 1.54) is 0 Å². The average Bonchev–Trinajstić information content (AvgIpc) is 3.20. The Kier molecular flexibility index (Phi) is 5.36. The minimum Gasteiger partial charge on any atom is -0.440 e. The first-order chi connectivity index (χ1) is 10.7. The lowest BCUT2D eigenvalue weighted by atomic mass is 9.97. The second-order valence-corrected chi connectivity index (χ2v) is 6.03. The maximum atomic E-state index is 12.1. The summed E-state index contributed by atoms with van der Waals surface area (Å²) in [6.07, 6.45) is 1.03. The SMILES string of the molecule is O=C(NC[C@H]([C@H]1CCOC1)N1CCOCC1)c1ccc(Cl)o1. The molecule has 0 spiro atoms. The summed E-state index contributed by atoms with van der Waals surface area (Å²) in [6, 6.07) is 3.42. The Bertz CT molecular complexity index is 495. The Labute approximate surface area is 134 Å². The Morgan fingerprint density at radius 1 is 1.32 bits per heavy atom. The van der Waals surface area contributed by atoms with Gasteiger partial charge in [0.05, 0.1) is 19.8 Å². The van der Waals surface area contributed by atoms with E-state index in [1.54, 1.807) is 12.1 Å². The molecule has 0 radical (unpaired) electrons. The van der Waals surface area contributed by atoms with Crippen molar-refractivity contribution in [1.29, 1.82) is 0 Å². The molecule has 7 heteroatoms. The Hall–Kier alpha value is -1.08. The Morgan fingerprint density at radius 3 is 2.77 bits per heavy atom. The van der Waals surface area contributed by atoms with Crippen LogP contribution in [0, 0.1) is 5.92 Å². The molecule has 2 aliphatic heterocycles. The molecule has 1 amide bonds. The lowest BCUT2D eigenvalue weighted by molar-refractivity contribution is 0.00160. The zero-order valence-electron chi connectivity index (χ0n) is 12.4. The molecule has 2 saturated heterocycles. The van der Waals surface area contributed by atoms with E-state index in [4.69, 9.17) is 25.5 Å². The van der Waals surface area contributed by atoms with Gasteiger partial charge in [-0.1, -0.05) is 0 Å². The molecule has 22 heavy (non-hydrogen) atoms. The second kappa shape index (κ2) is 7.46. The maximum Gasteiger partial charge on any atom is 0.287 e. The van der Waals surface area contributed by atoms with E-state index in [0.717, 1.165) is 45.9 Å². The summed E-state index contributed by atoms with van der Waals surface area (Å²) in [5, 5.41) is 3.18. The van der Waals surface area contributed by atoms with E-state index in [9.17, 15) is 4.79 Å². The van der Waals surface area contributed by atoms with Gasteiger partial charge in [-0.25, -0.2) is 0 Å². The van der Waals surface area contributed by atoms with Gasteiger partial charge in [-0.15, -0.1) is 0 Å². The third-order valence-corrected chi connectivity index (χ3v) is 4.50. The van der Waals surface area contributed by atoms with Crippen LogP contribution in [0.2, 0.25) is 5.22 Å². The van der Waals surface area contributed by atoms with Gasteiger partial charge in [0.2, 0.25) is 0 Å². The molecule has 0 aromatic carbocycles. The smallest absolute Gasteiger partial charge is 0.287 e. The van der Waals surface area contributed by atoms with Crippen molar-refractivity contribution in [3.63, 3.8) is 0 Å². The molecular formula is C15H21ClN2O4. The molecule has 2 fully saturated rings. The molecule has 6 nitrogen and oxygen atoms in total. The van der Waals surface area contributed by atoms with E-state index in [-0.39, 0.29) is 22.9 Å². The predicted octanol–water partition coefficient (Wildman–Crippen LogP) is 1.40. The molecular weight excluding hydrogens is 308 g/mol. The molecule has 1 N–H and O–H groups in total. The molecule has 1 aromatic rings. The summed E-state index contributed by atoms with van der Waals surface area (Å²) in [5.41, 5.74) is 0. The van der Waals surface area contributed by atoms with Crippen LogP contribution in [0.1, 0.15) is 17.0 Å². The normalized spacial score (nSPS) is 24.3. The van der Waals surface area contributed by atoms with Crippen LogP contribution in [0.15, 0.2) is 16.5 Å². The summed E-state index contributed by atoms with van der Waals surface area (Å²) in [6.45, 7) is 5.40. The van der Waals surface area contributed by atoms with Gasteiger partial charge in [-0.05, 0) is 30.2 Å². The van der Waals surface area contributed by atoms with Gasteiger partial charge >= 0.3 is 0 Å². The largest absolute Gasteiger partial charge is 0.440 e. The minimum atomic E-state index is -0.232. The third kappa shape index (κ3) is 3.81. The number of nitrogens with zero attached hydrogens (tertiary/aromatic N) is 1. The van der Waals surface area contributed by atoms with Crippen LogP contribution >= 0.6 is 11.6 Å². The standard InChI is InChI=1S/C15H21ClN2O4/c16-14-2-1-13(22-14)15(19)17-9-12(11-3-6-21-10-11)18-4-7-20-8-5-18/h1-2,11-12H,3-10H2,(H,17,19)/t11-,12+/m0/s1. The van der Waals surface area contributed by atoms with Crippen LogP contribution < -0.4 is 5.32 Å². The van der Waals surface area contributed by atoms with Crippen molar-refractivity contribution >= 4 is 17.5 Å². The van der Waals surface area contributed by atoms with Crippen LogP contribution in [0.25, 0.3) is 0 Å². The van der Waals surface area contributed by atoms with Crippen molar-refractivity contribution in [1.82, 2.24) is 10.2 Å². The quantitative estimate of drug-likeness (QED) is 0.885. The number of halogens is 1. The van der Waals surface area contributed by atoms with Gasteiger partial charge in [0.1, 0.15) is 0 Å². The number of hydrogen-bond acceptors (Lipinski definition) is 5. The van der Waals surface area contributed by atoms with Gasteiger partial charge in [0, 0.05) is 38.2 Å². The van der Waals surface area contributed by atoms with Crippen LogP contribution in [0.3, 0.4) is 0 Å². The van der Waals surface area contributed by atoms with Crippen molar-refractivity contribution in [2.24, 2.45) is 5.92 Å². The topological polar surface area (TPSA) is 63.9 Å². The molecule has 122 valence electrons. The molecule has 0 saturated carbocycles. The molecule has 0 bridgehead atoms. The Morgan fingerprint density at radius 2 is 2.14 bits per heavy atom. The van der Waals surface area contributed by atoms with Crippen molar-refractivity contribution < 1.29 is 18.7 Å². The predicted molar refractivity (Wildman–Crippen MR) is 81.2 cm³/mol. The molecule has 0 unspecified atom stereocenters. The first-order valence-electron chi connectivity index (χ1n) is 7.67. The number of nitrogens with one attached hydrogen (secondary N) is 1. The molecule has 2 atom stereocenters. The maximum absolute atomic E-state index is 12.1. The first kappa shape index (κ1) is 15.8. The zero-order valence-corrected chi connectivity index (χ0v) is 13.2.